The maximum Gasteiger partial charge on any atom is 0.291 e. The predicted octanol–water partition coefficient (Wildman–Crippen LogP) is 1.39. The molecule has 0 spiro atoms. The molecule has 0 radical (unpaired) electrons. The molecule has 0 unspecified atom stereocenters. The summed E-state index contributed by atoms with van der Waals surface area (Å²) in [4.78, 5) is 25.8. The summed E-state index contributed by atoms with van der Waals surface area (Å²) in [5.41, 5.74) is 0. The van der Waals surface area contributed by atoms with Gasteiger partial charge in [-0.25, -0.2) is 0 Å². The van der Waals surface area contributed by atoms with Crippen LogP contribution >= 0.6 is 15.9 Å². The van der Waals surface area contributed by atoms with Gasteiger partial charge in [0.1, 0.15) is 0 Å². The smallest absolute Gasteiger partial charge is 0.291 e. The first-order chi connectivity index (χ1) is 8.68. The van der Waals surface area contributed by atoms with Crippen LogP contribution in [-0.2, 0) is 4.79 Å². The Bertz CT molecular complexity index is 499. The van der Waals surface area contributed by atoms with Crippen LogP contribution in [-0.4, -0.2) is 35.8 Å². The molecule has 0 aliphatic carbocycles. The van der Waals surface area contributed by atoms with E-state index in [2.05, 4.69) is 21.2 Å². The minimum atomic E-state index is -0.141. The first kappa shape index (κ1) is 11.8. The van der Waals surface area contributed by atoms with Gasteiger partial charge in [-0.3, -0.25) is 9.59 Å². The predicted molar refractivity (Wildman–Crippen MR) is 67.0 cm³/mol. The highest BCUT2D eigenvalue weighted by Gasteiger charge is 2.43. The van der Waals surface area contributed by atoms with Crippen LogP contribution in [0, 0.1) is 5.92 Å². The van der Waals surface area contributed by atoms with E-state index < -0.39 is 0 Å². The fourth-order valence-electron chi connectivity index (χ4n) is 2.78. The number of carbonyl (C=O) groups is 2. The quantitative estimate of drug-likeness (QED) is 0.852. The van der Waals surface area contributed by atoms with Gasteiger partial charge in [0.25, 0.3) is 5.91 Å². The molecule has 96 valence electrons. The van der Waals surface area contributed by atoms with Crippen LogP contribution in [0.3, 0.4) is 0 Å². The lowest BCUT2D eigenvalue weighted by Crippen LogP contribution is -2.48. The van der Waals surface area contributed by atoms with Crippen molar-refractivity contribution >= 4 is 27.7 Å². The second-order valence-corrected chi connectivity index (χ2v) is 5.51. The molecule has 2 fully saturated rings. The number of hydrogen-bond donors (Lipinski definition) is 1. The van der Waals surface area contributed by atoms with E-state index in [4.69, 9.17) is 4.42 Å². The van der Waals surface area contributed by atoms with E-state index >= 15 is 0 Å². The number of fused-ring (bicyclic) bond motifs is 1. The lowest BCUT2D eigenvalue weighted by molar-refractivity contribution is -0.123. The molecule has 3 rings (SSSR count). The van der Waals surface area contributed by atoms with Crippen molar-refractivity contribution in [3.8, 4) is 0 Å². The second-order valence-electron chi connectivity index (χ2n) is 4.66. The number of halogens is 1. The zero-order chi connectivity index (χ0) is 12.7. The highest BCUT2D eigenvalue weighted by molar-refractivity contribution is 9.10. The molecule has 3 heterocycles. The van der Waals surface area contributed by atoms with E-state index in [9.17, 15) is 9.59 Å². The van der Waals surface area contributed by atoms with Gasteiger partial charge >= 0.3 is 0 Å². The van der Waals surface area contributed by atoms with Crippen molar-refractivity contribution in [3.63, 3.8) is 0 Å². The maximum atomic E-state index is 12.4. The van der Waals surface area contributed by atoms with Gasteiger partial charge < -0.3 is 14.6 Å². The van der Waals surface area contributed by atoms with E-state index in [1.165, 1.54) is 6.26 Å². The molecule has 2 aliphatic rings. The van der Waals surface area contributed by atoms with Crippen molar-refractivity contribution in [3.05, 3.63) is 22.6 Å². The van der Waals surface area contributed by atoms with Crippen molar-refractivity contribution in [1.29, 1.82) is 0 Å². The monoisotopic (exact) mass is 312 g/mol. The summed E-state index contributed by atoms with van der Waals surface area (Å²) in [5, 5.41) is 2.83. The number of furan rings is 1. The number of amides is 2. The molecular weight excluding hydrogens is 300 g/mol. The highest BCUT2D eigenvalue weighted by Crippen LogP contribution is 2.30. The minimum absolute atomic E-state index is 0.0317. The molecule has 1 aromatic heterocycles. The molecular formula is C12H13BrN2O3. The van der Waals surface area contributed by atoms with Gasteiger partial charge in [-0.15, -0.1) is 0 Å². The number of carbonyl (C=O) groups excluding carboxylic acids is 2. The summed E-state index contributed by atoms with van der Waals surface area (Å²) in [6.07, 6.45) is 3.20. The number of likely N-dealkylation sites (tertiary alicyclic amines) is 1. The first-order valence-electron chi connectivity index (χ1n) is 6.00. The average Bonchev–Trinajstić information content (AvgIpc) is 2.95. The van der Waals surface area contributed by atoms with Crippen LogP contribution < -0.4 is 5.32 Å². The first-order valence-corrected chi connectivity index (χ1v) is 6.79. The number of nitrogens with one attached hydrogen (secondary N) is 1. The fraction of sp³-hybridized carbons (Fsp3) is 0.500. The highest BCUT2D eigenvalue weighted by atomic mass is 79.9. The summed E-state index contributed by atoms with van der Waals surface area (Å²) in [7, 11) is 0. The van der Waals surface area contributed by atoms with Gasteiger partial charge in [-0.05, 0) is 34.8 Å². The molecule has 5 nitrogen and oxygen atoms in total. The van der Waals surface area contributed by atoms with Gasteiger partial charge in [0.05, 0.1) is 22.7 Å². The van der Waals surface area contributed by atoms with E-state index in [0.29, 0.717) is 23.3 Å². The Kier molecular flexibility index (Phi) is 2.89. The minimum Gasteiger partial charge on any atom is -0.458 e. The Morgan fingerprint density at radius 2 is 2.39 bits per heavy atom. The third-order valence-corrected chi connectivity index (χ3v) is 4.30. The maximum absolute atomic E-state index is 12.4. The van der Waals surface area contributed by atoms with Crippen LogP contribution in [0.5, 0.6) is 0 Å². The van der Waals surface area contributed by atoms with Gasteiger partial charge in [0, 0.05) is 13.1 Å². The molecule has 1 aromatic rings. The molecule has 2 amide bonds. The Labute approximate surface area is 113 Å². The summed E-state index contributed by atoms with van der Waals surface area (Å²) < 4.78 is 5.87. The van der Waals surface area contributed by atoms with Crippen molar-refractivity contribution in [2.75, 3.05) is 13.1 Å². The van der Waals surface area contributed by atoms with E-state index in [1.54, 1.807) is 11.0 Å². The van der Waals surface area contributed by atoms with Crippen LogP contribution in [0.4, 0.5) is 0 Å². The molecule has 6 heteroatoms. The summed E-state index contributed by atoms with van der Waals surface area (Å²) >= 11 is 3.29. The number of rotatable bonds is 1. The third-order valence-electron chi connectivity index (χ3n) is 3.67. The largest absolute Gasteiger partial charge is 0.458 e. The lowest BCUT2D eigenvalue weighted by Gasteiger charge is -2.35. The molecule has 0 bridgehead atoms. The molecule has 2 atom stereocenters. The van der Waals surface area contributed by atoms with E-state index in [-0.39, 0.29) is 23.8 Å². The van der Waals surface area contributed by atoms with Crippen LogP contribution in [0.1, 0.15) is 23.4 Å². The second kappa shape index (κ2) is 4.42. The lowest BCUT2D eigenvalue weighted by atomic mass is 9.91. The Balaban J connectivity index is 1.86. The van der Waals surface area contributed by atoms with Crippen LogP contribution in [0.15, 0.2) is 21.2 Å². The summed E-state index contributed by atoms with van der Waals surface area (Å²) in [6, 6.07) is 1.67. The van der Waals surface area contributed by atoms with Crippen molar-refractivity contribution in [2.24, 2.45) is 5.92 Å². The Morgan fingerprint density at radius 1 is 1.56 bits per heavy atom. The topological polar surface area (TPSA) is 62.6 Å². The zero-order valence-corrected chi connectivity index (χ0v) is 11.3. The molecule has 0 saturated carbocycles. The summed E-state index contributed by atoms with van der Waals surface area (Å²) in [6.45, 7) is 1.23. The summed E-state index contributed by atoms with van der Waals surface area (Å²) in [5.74, 6) is 0.181. The van der Waals surface area contributed by atoms with E-state index in [1.807, 2.05) is 0 Å². The molecule has 18 heavy (non-hydrogen) atoms. The van der Waals surface area contributed by atoms with Gasteiger partial charge in [0.2, 0.25) is 11.7 Å². The fourth-order valence-corrected chi connectivity index (χ4v) is 3.15. The average molecular weight is 313 g/mol. The number of hydrogen-bond acceptors (Lipinski definition) is 3. The standard InChI is InChI=1S/C12H13BrN2O3/c13-8-3-5-18-10(8)12(17)15-4-1-2-7-9(15)6-14-11(7)16/h3,5,7,9H,1-2,4,6H2,(H,14,16)/t7-,9-/m1/s1. The van der Waals surface area contributed by atoms with Gasteiger partial charge in [-0.1, -0.05) is 0 Å². The van der Waals surface area contributed by atoms with Crippen molar-refractivity contribution in [2.45, 2.75) is 18.9 Å². The molecule has 1 N–H and O–H groups in total. The Hall–Kier alpha value is -1.30. The van der Waals surface area contributed by atoms with Gasteiger partial charge in [-0.2, -0.15) is 0 Å². The van der Waals surface area contributed by atoms with E-state index in [0.717, 1.165) is 12.8 Å². The van der Waals surface area contributed by atoms with Crippen LogP contribution in [0.25, 0.3) is 0 Å². The number of nitrogens with zero attached hydrogens (tertiary/aromatic N) is 1. The zero-order valence-electron chi connectivity index (χ0n) is 9.69. The Morgan fingerprint density at radius 3 is 3.11 bits per heavy atom. The SMILES string of the molecule is O=C1NC[C@@H]2[C@H]1CCCN2C(=O)c1occc1Br. The third kappa shape index (κ3) is 1.75. The van der Waals surface area contributed by atoms with Crippen molar-refractivity contribution in [1.82, 2.24) is 10.2 Å². The normalized spacial score (nSPS) is 26.9. The van der Waals surface area contributed by atoms with Crippen molar-refractivity contribution < 1.29 is 14.0 Å². The molecule has 2 saturated heterocycles. The van der Waals surface area contributed by atoms with Gasteiger partial charge in [0.15, 0.2) is 0 Å². The molecule has 2 aliphatic heterocycles. The molecule has 0 aromatic carbocycles. The number of piperidine rings is 1. The van der Waals surface area contributed by atoms with Crippen LogP contribution in [0.2, 0.25) is 0 Å².